The van der Waals surface area contributed by atoms with E-state index in [0.29, 0.717) is 48.1 Å². The number of phenolic OH excluding ortho intramolecular Hbond substituents is 1. The first-order valence-corrected chi connectivity index (χ1v) is 22.2. The van der Waals surface area contributed by atoms with Crippen LogP contribution >= 0.6 is 0 Å². The van der Waals surface area contributed by atoms with Crippen molar-refractivity contribution in [3.8, 4) is 17.2 Å². The number of carbonyl (C=O) groups is 5. The maximum atomic E-state index is 14.7. The Morgan fingerprint density at radius 2 is 1.61 bits per heavy atom. The first-order chi connectivity index (χ1) is 31.1. The lowest BCUT2D eigenvalue weighted by atomic mass is 9.60. The second kappa shape index (κ2) is 18.8. The zero-order valence-corrected chi connectivity index (χ0v) is 39.2. The van der Waals surface area contributed by atoms with Gasteiger partial charge in [0.15, 0.2) is 22.9 Å². The van der Waals surface area contributed by atoms with Crippen LogP contribution in [0.3, 0.4) is 0 Å². The number of hydrogen-bond acceptors (Lipinski definition) is 10. The van der Waals surface area contributed by atoms with Crippen molar-refractivity contribution in [3.63, 3.8) is 0 Å². The third kappa shape index (κ3) is 8.78. The standard InChI is InChI=1S/C38H46O9.C16H14O3/c1-21(2)11-10-18-36(8)19-17-24-29(39)28-30(40)26-12-9-13-27-35(6,7)47-37(34(43)44,20-16-23(5)33(41)42)38(26,27)46-32(28)25(31(24)45-36)15-14-22(3)4;1-3-12(11-7-5-4-6-8-11)13-9-15(18)16(19-2)10-14(13)17/h11-12,14,16-17,19,27,39H,9-10,13,15,18,20H2,1-8H3,(H,41,42)(H,43,44);3-10,12H,1H2,2H3. The predicted octanol–water partition coefficient (Wildman–Crippen LogP) is 10.1. The van der Waals surface area contributed by atoms with Crippen LogP contribution in [-0.2, 0) is 35.1 Å². The molecular formula is C54H60O12. The molecule has 1 saturated heterocycles. The Hall–Kier alpha value is -6.53. The number of ether oxygens (including phenoxy) is 4. The Kier molecular flexibility index (Phi) is 13.9. The number of hydrogen-bond donors (Lipinski definition) is 3. The number of carboxylic acid groups (broad SMARTS) is 2. The molecule has 5 aliphatic rings. The van der Waals surface area contributed by atoms with Crippen LogP contribution in [0.2, 0.25) is 0 Å². The first-order valence-electron chi connectivity index (χ1n) is 22.2. The Labute approximate surface area is 386 Å². The molecule has 2 aromatic carbocycles. The molecule has 0 radical (unpaired) electrons. The van der Waals surface area contributed by atoms with E-state index in [0.717, 1.165) is 17.6 Å². The van der Waals surface area contributed by atoms with Crippen molar-refractivity contribution in [2.45, 2.75) is 122 Å². The Morgan fingerprint density at radius 1 is 0.924 bits per heavy atom. The molecule has 0 bridgehead atoms. The largest absolute Gasteiger partial charge is 0.506 e. The molecule has 7 rings (SSSR count). The molecule has 0 amide bonds. The molecule has 348 valence electrons. The summed E-state index contributed by atoms with van der Waals surface area (Å²) < 4.78 is 25.1. The number of carboxylic acids is 2. The van der Waals surface area contributed by atoms with Crippen LogP contribution < -0.4 is 9.47 Å². The minimum absolute atomic E-state index is 0.0407. The summed E-state index contributed by atoms with van der Waals surface area (Å²) in [6, 6.07) is 9.48. The Bertz CT molecular complexity index is 2590. The van der Waals surface area contributed by atoms with E-state index in [-0.39, 0.29) is 57.9 Å². The summed E-state index contributed by atoms with van der Waals surface area (Å²) in [5.41, 5.74) is -1.32. The molecule has 66 heavy (non-hydrogen) atoms. The summed E-state index contributed by atoms with van der Waals surface area (Å²) in [4.78, 5) is 63.9. The zero-order valence-electron chi connectivity index (χ0n) is 39.2. The van der Waals surface area contributed by atoms with Crippen molar-refractivity contribution in [2.24, 2.45) is 5.92 Å². The number of Topliss-reactive ketones (excluding diaryl/α,β-unsaturated/α-hetero) is 1. The number of ketones is 3. The minimum atomic E-state index is -2.16. The predicted molar refractivity (Wildman–Crippen MR) is 251 cm³/mol. The van der Waals surface area contributed by atoms with Crippen molar-refractivity contribution < 1.29 is 58.2 Å². The van der Waals surface area contributed by atoms with E-state index < -0.39 is 46.0 Å². The highest BCUT2D eigenvalue weighted by Gasteiger charge is 2.77. The van der Waals surface area contributed by atoms with E-state index in [1.54, 1.807) is 32.1 Å². The van der Waals surface area contributed by atoms with Gasteiger partial charge in [-0.05, 0) is 111 Å². The van der Waals surface area contributed by atoms with Crippen LogP contribution in [0, 0.1) is 5.92 Å². The van der Waals surface area contributed by atoms with E-state index in [1.807, 2.05) is 77.1 Å². The highest BCUT2D eigenvalue weighted by molar-refractivity contribution is 6.20. The molecule has 1 fully saturated rings. The van der Waals surface area contributed by atoms with E-state index in [2.05, 4.69) is 12.7 Å². The van der Waals surface area contributed by atoms with Gasteiger partial charge in [0.05, 0.1) is 18.3 Å². The smallest absolute Gasteiger partial charge is 0.340 e. The van der Waals surface area contributed by atoms with Gasteiger partial charge in [-0.25, -0.2) is 9.59 Å². The summed E-state index contributed by atoms with van der Waals surface area (Å²) in [6.45, 7) is 18.6. The molecule has 1 spiro atoms. The fraction of sp³-hybridized carbons (Fsp3) is 0.389. The van der Waals surface area contributed by atoms with E-state index in [9.17, 15) is 39.3 Å². The van der Waals surface area contributed by atoms with Crippen molar-refractivity contribution >= 4 is 35.4 Å². The maximum absolute atomic E-state index is 14.7. The third-order valence-electron chi connectivity index (χ3n) is 13.1. The van der Waals surface area contributed by atoms with Gasteiger partial charge in [0.25, 0.3) is 0 Å². The van der Waals surface area contributed by atoms with Gasteiger partial charge in [-0.15, -0.1) is 6.58 Å². The van der Waals surface area contributed by atoms with Gasteiger partial charge >= 0.3 is 11.9 Å². The van der Waals surface area contributed by atoms with Crippen molar-refractivity contribution in [1.29, 1.82) is 0 Å². The number of rotatable bonds is 13. The van der Waals surface area contributed by atoms with Crippen LogP contribution in [0.25, 0.3) is 6.08 Å². The van der Waals surface area contributed by atoms with Crippen molar-refractivity contribution in [2.75, 3.05) is 7.11 Å². The lowest BCUT2D eigenvalue weighted by molar-refractivity contribution is -0.184. The third-order valence-corrected chi connectivity index (χ3v) is 13.1. The average molecular weight is 901 g/mol. The molecule has 3 N–H and O–H groups in total. The maximum Gasteiger partial charge on any atom is 0.340 e. The normalized spacial score (nSPS) is 25.0. The fourth-order valence-corrected chi connectivity index (χ4v) is 9.73. The Morgan fingerprint density at radius 3 is 2.21 bits per heavy atom. The number of methoxy groups -OCH3 is 1. The highest BCUT2D eigenvalue weighted by Crippen LogP contribution is 2.64. The fourth-order valence-electron chi connectivity index (χ4n) is 9.73. The zero-order chi connectivity index (χ0) is 48.5. The average Bonchev–Trinajstić information content (AvgIpc) is 3.46. The number of fused-ring (bicyclic) bond motifs is 2. The molecule has 5 atom stereocenters. The molecule has 0 aromatic heterocycles. The molecule has 12 nitrogen and oxygen atoms in total. The lowest BCUT2D eigenvalue weighted by Gasteiger charge is -2.50. The first kappa shape index (κ1) is 48.9. The van der Waals surface area contributed by atoms with Crippen LogP contribution in [0.4, 0.5) is 0 Å². The van der Waals surface area contributed by atoms with Gasteiger partial charge in [0, 0.05) is 46.6 Å². The monoisotopic (exact) mass is 900 g/mol. The molecule has 3 aliphatic heterocycles. The second-order valence-corrected chi connectivity index (χ2v) is 18.6. The molecule has 2 aliphatic carbocycles. The number of carbonyl (C=O) groups excluding carboxylic acids is 3. The number of aliphatic carboxylic acids is 2. The summed E-state index contributed by atoms with van der Waals surface area (Å²) >= 11 is 0. The van der Waals surface area contributed by atoms with Crippen molar-refractivity contribution in [1.82, 2.24) is 0 Å². The summed E-state index contributed by atoms with van der Waals surface area (Å²) in [5, 5.41) is 32.4. The molecule has 3 heterocycles. The quantitative estimate of drug-likeness (QED) is 0.0984. The second-order valence-electron chi connectivity index (χ2n) is 18.6. The van der Waals surface area contributed by atoms with E-state index in [4.69, 9.17) is 18.9 Å². The molecule has 2 aromatic rings. The van der Waals surface area contributed by atoms with E-state index >= 15 is 0 Å². The number of aromatic hydroxyl groups is 1. The van der Waals surface area contributed by atoms with Crippen LogP contribution in [0.5, 0.6) is 17.2 Å². The molecule has 0 saturated carbocycles. The number of phenols is 1. The highest BCUT2D eigenvalue weighted by atomic mass is 16.6. The lowest BCUT2D eigenvalue weighted by Crippen LogP contribution is -2.66. The summed E-state index contributed by atoms with van der Waals surface area (Å²) in [5.74, 6) is -4.25. The van der Waals surface area contributed by atoms with E-state index in [1.165, 1.54) is 37.8 Å². The minimum Gasteiger partial charge on any atom is -0.506 e. The van der Waals surface area contributed by atoms with Crippen LogP contribution in [-0.4, -0.2) is 74.1 Å². The molecule has 12 heteroatoms. The summed E-state index contributed by atoms with van der Waals surface area (Å²) in [7, 11) is 1.37. The van der Waals surface area contributed by atoms with Crippen molar-refractivity contribution in [3.05, 3.63) is 141 Å². The van der Waals surface area contributed by atoms with Gasteiger partial charge in [-0.3, -0.25) is 14.4 Å². The number of benzene rings is 2. The molecule has 5 unspecified atom stereocenters. The van der Waals surface area contributed by atoms with Gasteiger partial charge in [-0.2, -0.15) is 0 Å². The summed E-state index contributed by atoms with van der Waals surface area (Å²) in [6.07, 6.45) is 17.4. The van der Waals surface area contributed by atoms with Gasteiger partial charge in [0.1, 0.15) is 28.4 Å². The van der Waals surface area contributed by atoms with Gasteiger partial charge in [0.2, 0.25) is 11.4 Å². The Balaban J connectivity index is 0.000000315. The molecular weight excluding hydrogens is 841 g/mol. The topological polar surface area (TPSA) is 183 Å². The van der Waals surface area contributed by atoms with Crippen LogP contribution in [0.1, 0.15) is 120 Å². The SMILES string of the molecule is C=CC(C1=CC(=O)C(OC)=CC1=O)c1ccccc1.CC(C)=CCCC1(C)C=Cc2c(O)c3c(c(CC=C(C)C)c2O1)OC12C(=CCCC1C(C)(C)OC2(CC=C(C)C(=O)O)C(=O)O)C3=O. The van der Waals surface area contributed by atoms with Crippen LogP contribution in [0.15, 0.2) is 119 Å². The number of allylic oxidation sites excluding steroid dienone is 9. The van der Waals surface area contributed by atoms with Gasteiger partial charge in [-0.1, -0.05) is 71.9 Å². The van der Waals surface area contributed by atoms with Gasteiger partial charge < -0.3 is 34.3 Å².